The van der Waals surface area contributed by atoms with E-state index in [1.165, 1.54) is 90.1 Å². The van der Waals surface area contributed by atoms with Gasteiger partial charge in [-0.25, -0.2) is 8.42 Å². The summed E-state index contributed by atoms with van der Waals surface area (Å²) >= 11 is 0. The van der Waals surface area contributed by atoms with Gasteiger partial charge in [0.1, 0.15) is 0 Å². The molecule has 0 aromatic heterocycles. The second kappa shape index (κ2) is 17.7. The number of quaternary nitrogens is 1. The van der Waals surface area contributed by atoms with Crippen LogP contribution in [0.1, 0.15) is 103 Å². The summed E-state index contributed by atoms with van der Waals surface area (Å²) in [5, 5.41) is 0. The number of para-hydroxylation sites is 1. The summed E-state index contributed by atoms with van der Waals surface area (Å²) < 4.78 is 30.1. The standard InChI is InChI=1S/C33H55N2O2S/c1-5-7-9-11-13-18-28-35(4,29-19-14-12-10-8-6-2)30-20-27-34(32-21-16-15-17-22-32)38(36,37)33-25-23-31(3)24-26-33/h15-17,21-26H,5-14,18-20,27-30H2,1-4H3/q+1. The van der Waals surface area contributed by atoms with E-state index in [-0.39, 0.29) is 0 Å². The molecule has 0 bridgehead atoms. The van der Waals surface area contributed by atoms with Gasteiger partial charge in [-0.2, -0.15) is 0 Å². The van der Waals surface area contributed by atoms with Crippen molar-refractivity contribution in [2.75, 3.05) is 37.5 Å². The molecule has 38 heavy (non-hydrogen) atoms. The quantitative estimate of drug-likeness (QED) is 0.117. The fourth-order valence-corrected chi connectivity index (χ4v) is 6.80. The zero-order valence-corrected chi connectivity index (χ0v) is 25.7. The van der Waals surface area contributed by atoms with Crippen LogP contribution in [0.25, 0.3) is 0 Å². The number of nitrogens with zero attached hydrogens (tertiary/aromatic N) is 2. The van der Waals surface area contributed by atoms with E-state index in [1.807, 2.05) is 49.4 Å². The second-order valence-corrected chi connectivity index (χ2v) is 13.3. The molecular formula is C33H55N2O2S+. The summed E-state index contributed by atoms with van der Waals surface area (Å²) in [6, 6.07) is 16.8. The van der Waals surface area contributed by atoms with Crippen molar-refractivity contribution in [2.24, 2.45) is 0 Å². The predicted octanol–water partition coefficient (Wildman–Crippen LogP) is 8.75. The molecule has 0 N–H and O–H groups in total. The minimum absolute atomic E-state index is 0.364. The van der Waals surface area contributed by atoms with E-state index in [1.54, 1.807) is 16.4 Å². The van der Waals surface area contributed by atoms with Gasteiger partial charge in [-0.05, 0) is 56.9 Å². The molecule has 0 unspecified atom stereocenters. The molecule has 0 saturated heterocycles. The lowest BCUT2D eigenvalue weighted by molar-refractivity contribution is -0.910. The average molecular weight is 544 g/mol. The van der Waals surface area contributed by atoms with Gasteiger partial charge < -0.3 is 4.48 Å². The average Bonchev–Trinajstić information content (AvgIpc) is 2.91. The van der Waals surface area contributed by atoms with Gasteiger partial charge in [0.05, 0.1) is 37.3 Å². The van der Waals surface area contributed by atoms with Gasteiger partial charge in [0.2, 0.25) is 0 Å². The lowest BCUT2D eigenvalue weighted by atomic mass is 10.1. The Kier molecular flexibility index (Phi) is 15.1. The van der Waals surface area contributed by atoms with Crippen LogP contribution in [0, 0.1) is 6.92 Å². The van der Waals surface area contributed by atoms with Gasteiger partial charge >= 0.3 is 0 Å². The van der Waals surface area contributed by atoms with Crippen LogP contribution in [0.4, 0.5) is 5.69 Å². The maximum atomic E-state index is 13.7. The van der Waals surface area contributed by atoms with Crippen molar-refractivity contribution < 1.29 is 12.9 Å². The molecule has 0 heterocycles. The Bertz CT molecular complexity index is 958. The molecule has 0 amide bonds. The molecule has 0 spiro atoms. The smallest absolute Gasteiger partial charge is 0.264 e. The number of rotatable bonds is 21. The van der Waals surface area contributed by atoms with Crippen molar-refractivity contribution in [3.8, 4) is 0 Å². The Morgan fingerprint density at radius 2 is 1.11 bits per heavy atom. The summed E-state index contributed by atoms with van der Waals surface area (Å²) in [7, 11) is -1.22. The number of sulfonamides is 1. The first-order valence-electron chi connectivity index (χ1n) is 15.3. The fourth-order valence-electron chi connectivity index (χ4n) is 5.30. The van der Waals surface area contributed by atoms with E-state index in [4.69, 9.17) is 0 Å². The first-order valence-corrected chi connectivity index (χ1v) is 16.7. The highest BCUT2D eigenvalue weighted by Crippen LogP contribution is 2.25. The first-order chi connectivity index (χ1) is 18.3. The van der Waals surface area contributed by atoms with E-state index < -0.39 is 10.0 Å². The van der Waals surface area contributed by atoms with Gasteiger partial charge in [-0.1, -0.05) is 101 Å². The van der Waals surface area contributed by atoms with Crippen molar-refractivity contribution in [2.45, 2.75) is 109 Å². The summed E-state index contributed by atoms with van der Waals surface area (Å²) in [5.74, 6) is 0. The SMILES string of the molecule is CCCCCCCC[N+](C)(CCCCCCCC)CCCN(c1ccccc1)S(=O)(=O)c1ccc(C)cc1. The van der Waals surface area contributed by atoms with Crippen LogP contribution in [0.3, 0.4) is 0 Å². The molecule has 0 saturated carbocycles. The van der Waals surface area contributed by atoms with Crippen LogP contribution in [-0.4, -0.2) is 46.1 Å². The van der Waals surface area contributed by atoms with Gasteiger partial charge in [0, 0.05) is 13.0 Å². The van der Waals surface area contributed by atoms with E-state index >= 15 is 0 Å². The zero-order valence-electron chi connectivity index (χ0n) is 24.8. The highest BCUT2D eigenvalue weighted by atomic mass is 32.2. The van der Waals surface area contributed by atoms with Crippen LogP contribution in [0.2, 0.25) is 0 Å². The van der Waals surface area contributed by atoms with Crippen molar-refractivity contribution in [3.05, 3.63) is 60.2 Å². The van der Waals surface area contributed by atoms with Crippen molar-refractivity contribution >= 4 is 15.7 Å². The van der Waals surface area contributed by atoms with Gasteiger partial charge in [-0.15, -0.1) is 0 Å². The first kappa shape index (κ1) is 32.4. The molecule has 214 valence electrons. The number of anilines is 1. The van der Waals surface area contributed by atoms with Crippen molar-refractivity contribution in [1.29, 1.82) is 0 Å². The number of unbranched alkanes of at least 4 members (excludes halogenated alkanes) is 10. The summed E-state index contributed by atoms with van der Waals surface area (Å²) in [6.45, 7) is 10.4. The number of aryl methyl sites for hydroxylation is 1. The minimum atomic E-state index is -3.62. The molecular weight excluding hydrogens is 488 g/mol. The van der Waals surface area contributed by atoms with E-state index in [0.29, 0.717) is 11.4 Å². The van der Waals surface area contributed by atoms with Crippen molar-refractivity contribution in [3.63, 3.8) is 0 Å². The maximum Gasteiger partial charge on any atom is 0.264 e. The number of hydrogen-bond donors (Lipinski definition) is 0. The molecule has 2 rings (SSSR count). The largest absolute Gasteiger partial charge is 0.326 e. The molecule has 0 aliphatic rings. The van der Waals surface area contributed by atoms with E-state index in [9.17, 15) is 8.42 Å². The van der Waals surface area contributed by atoms with Gasteiger partial charge in [0.15, 0.2) is 0 Å². The molecule has 0 aliphatic carbocycles. The molecule has 5 heteroatoms. The molecule has 0 fully saturated rings. The maximum absolute atomic E-state index is 13.7. The highest BCUT2D eigenvalue weighted by molar-refractivity contribution is 7.92. The van der Waals surface area contributed by atoms with Gasteiger partial charge in [0.25, 0.3) is 10.0 Å². The molecule has 0 aliphatic heterocycles. The predicted molar refractivity (Wildman–Crippen MR) is 164 cm³/mol. The Hall–Kier alpha value is -1.85. The zero-order chi connectivity index (χ0) is 27.7. The monoisotopic (exact) mass is 543 g/mol. The third-order valence-electron chi connectivity index (χ3n) is 7.82. The Morgan fingerprint density at radius 1 is 0.632 bits per heavy atom. The molecule has 2 aromatic rings. The Labute approximate surface area is 235 Å². The molecule has 2 aromatic carbocycles. The van der Waals surface area contributed by atoms with Crippen LogP contribution in [-0.2, 0) is 10.0 Å². The van der Waals surface area contributed by atoms with Crippen LogP contribution in [0.15, 0.2) is 59.5 Å². The summed E-state index contributed by atoms with van der Waals surface area (Å²) in [6.07, 6.45) is 16.6. The number of benzene rings is 2. The van der Waals surface area contributed by atoms with Crippen molar-refractivity contribution in [1.82, 2.24) is 0 Å². The van der Waals surface area contributed by atoms with E-state index in [0.717, 1.165) is 28.7 Å². The normalized spacial score (nSPS) is 12.1. The molecule has 4 nitrogen and oxygen atoms in total. The third-order valence-corrected chi connectivity index (χ3v) is 9.66. The second-order valence-electron chi connectivity index (χ2n) is 11.4. The van der Waals surface area contributed by atoms with Gasteiger partial charge in [-0.3, -0.25) is 4.31 Å². The summed E-state index contributed by atoms with van der Waals surface area (Å²) in [4.78, 5) is 0.364. The molecule has 0 radical (unpaired) electrons. The third kappa shape index (κ3) is 11.5. The lowest BCUT2D eigenvalue weighted by Crippen LogP contribution is -2.47. The van der Waals surface area contributed by atoms with E-state index in [2.05, 4.69) is 20.9 Å². The Balaban J connectivity index is 2.06. The Morgan fingerprint density at radius 3 is 1.63 bits per heavy atom. The highest BCUT2D eigenvalue weighted by Gasteiger charge is 2.27. The molecule has 0 atom stereocenters. The van der Waals surface area contributed by atoms with Crippen LogP contribution >= 0.6 is 0 Å². The van der Waals surface area contributed by atoms with Crippen LogP contribution < -0.4 is 4.31 Å². The van der Waals surface area contributed by atoms with Crippen LogP contribution in [0.5, 0.6) is 0 Å². The summed E-state index contributed by atoms with van der Waals surface area (Å²) in [5.41, 5.74) is 1.81. The topological polar surface area (TPSA) is 37.4 Å². The minimum Gasteiger partial charge on any atom is -0.326 e. The number of hydrogen-bond acceptors (Lipinski definition) is 2. The fraction of sp³-hybridized carbons (Fsp3) is 0.636. The lowest BCUT2D eigenvalue weighted by Gasteiger charge is -2.36.